The van der Waals surface area contributed by atoms with Crippen molar-refractivity contribution >= 4 is 5.97 Å². The van der Waals surface area contributed by atoms with Crippen molar-refractivity contribution in [2.24, 2.45) is 23.5 Å². The second-order valence-electron chi connectivity index (χ2n) is 4.37. The van der Waals surface area contributed by atoms with Crippen LogP contribution in [-0.2, 0) is 4.79 Å². The number of hydrogen-bond acceptors (Lipinski definition) is 2. The maximum Gasteiger partial charge on any atom is 0.308 e. The van der Waals surface area contributed by atoms with Gasteiger partial charge >= 0.3 is 5.97 Å². The minimum atomic E-state index is -0.715. The van der Waals surface area contributed by atoms with E-state index in [9.17, 15) is 4.79 Å². The van der Waals surface area contributed by atoms with E-state index in [1.807, 2.05) is 0 Å². The highest BCUT2D eigenvalue weighted by molar-refractivity contribution is 5.70. The SMILES string of the molecule is CCC1CCC(C(CN)C(=O)O)CC1. The summed E-state index contributed by atoms with van der Waals surface area (Å²) >= 11 is 0. The number of hydrogen-bond donors (Lipinski definition) is 2. The van der Waals surface area contributed by atoms with Crippen LogP contribution in [0.5, 0.6) is 0 Å². The summed E-state index contributed by atoms with van der Waals surface area (Å²) in [5, 5.41) is 8.97. The monoisotopic (exact) mass is 199 g/mol. The van der Waals surface area contributed by atoms with Gasteiger partial charge in [-0.3, -0.25) is 4.79 Å². The fourth-order valence-corrected chi connectivity index (χ4v) is 2.49. The van der Waals surface area contributed by atoms with Crippen molar-refractivity contribution < 1.29 is 9.90 Å². The smallest absolute Gasteiger partial charge is 0.308 e. The number of carbonyl (C=O) groups is 1. The lowest BCUT2D eigenvalue weighted by molar-refractivity contribution is -0.143. The van der Waals surface area contributed by atoms with E-state index in [0.717, 1.165) is 18.8 Å². The molecule has 0 aliphatic heterocycles. The predicted octanol–water partition coefficient (Wildman–Crippen LogP) is 1.86. The maximum atomic E-state index is 10.9. The van der Waals surface area contributed by atoms with E-state index in [1.165, 1.54) is 19.3 Å². The molecule has 0 aromatic rings. The number of nitrogens with two attached hydrogens (primary N) is 1. The third kappa shape index (κ3) is 2.71. The molecule has 82 valence electrons. The molecule has 3 N–H and O–H groups in total. The topological polar surface area (TPSA) is 63.3 Å². The molecule has 1 aliphatic carbocycles. The Morgan fingerprint density at radius 1 is 1.43 bits per heavy atom. The van der Waals surface area contributed by atoms with Gasteiger partial charge in [0.05, 0.1) is 5.92 Å². The number of aliphatic carboxylic acids is 1. The second kappa shape index (κ2) is 5.35. The van der Waals surface area contributed by atoms with Crippen LogP contribution in [-0.4, -0.2) is 17.6 Å². The standard InChI is InChI=1S/C11H21NO2/c1-2-8-3-5-9(6-4-8)10(7-12)11(13)14/h8-10H,2-7,12H2,1H3,(H,13,14). The summed E-state index contributed by atoms with van der Waals surface area (Å²) < 4.78 is 0. The molecule has 0 saturated heterocycles. The minimum absolute atomic E-state index is 0.288. The van der Waals surface area contributed by atoms with E-state index in [4.69, 9.17) is 10.8 Å². The van der Waals surface area contributed by atoms with Gasteiger partial charge in [0.1, 0.15) is 0 Å². The van der Waals surface area contributed by atoms with Crippen LogP contribution in [0.15, 0.2) is 0 Å². The summed E-state index contributed by atoms with van der Waals surface area (Å²) in [5.41, 5.74) is 5.49. The zero-order chi connectivity index (χ0) is 10.6. The van der Waals surface area contributed by atoms with Crippen LogP contribution >= 0.6 is 0 Å². The van der Waals surface area contributed by atoms with Crippen LogP contribution in [0.2, 0.25) is 0 Å². The largest absolute Gasteiger partial charge is 0.481 e. The molecule has 0 bridgehead atoms. The highest BCUT2D eigenvalue weighted by Crippen LogP contribution is 2.34. The van der Waals surface area contributed by atoms with E-state index in [-0.39, 0.29) is 12.5 Å². The first-order chi connectivity index (χ1) is 6.69. The third-order valence-corrected chi connectivity index (χ3v) is 3.61. The summed E-state index contributed by atoms with van der Waals surface area (Å²) in [5.74, 6) is 0.110. The average molecular weight is 199 g/mol. The zero-order valence-electron chi connectivity index (χ0n) is 8.91. The average Bonchev–Trinajstić information content (AvgIpc) is 2.19. The Balaban J connectivity index is 2.43. The van der Waals surface area contributed by atoms with Gasteiger partial charge in [0, 0.05) is 6.54 Å². The first kappa shape index (κ1) is 11.5. The van der Waals surface area contributed by atoms with Crippen molar-refractivity contribution in [3.05, 3.63) is 0 Å². The lowest BCUT2D eigenvalue weighted by Gasteiger charge is -2.30. The Labute approximate surface area is 85.7 Å². The maximum absolute atomic E-state index is 10.9. The van der Waals surface area contributed by atoms with Crippen LogP contribution in [0.4, 0.5) is 0 Å². The molecule has 0 radical (unpaired) electrons. The van der Waals surface area contributed by atoms with E-state index in [1.54, 1.807) is 0 Å². The molecule has 0 amide bonds. The van der Waals surface area contributed by atoms with Crippen molar-refractivity contribution in [2.75, 3.05) is 6.54 Å². The van der Waals surface area contributed by atoms with Crippen molar-refractivity contribution in [3.8, 4) is 0 Å². The Hall–Kier alpha value is -0.570. The molecule has 0 spiro atoms. The van der Waals surface area contributed by atoms with Crippen molar-refractivity contribution in [2.45, 2.75) is 39.0 Å². The molecule has 0 aromatic heterocycles. The minimum Gasteiger partial charge on any atom is -0.481 e. The van der Waals surface area contributed by atoms with E-state index < -0.39 is 5.97 Å². The zero-order valence-corrected chi connectivity index (χ0v) is 8.91. The molecular formula is C11H21NO2. The molecule has 0 aromatic carbocycles. The van der Waals surface area contributed by atoms with Gasteiger partial charge < -0.3 is 10.8 Å². The fourth-order valence-electron chi connectivity index (χ4n) is 2.49. The van der Waals surface area contributed by atoms with Gasteiger partial charge in [0.15, 0.2) is 0 Å². The first-order valence-electron chi connectivity index (χ1n) is 5.61. The van der Waals surface area contributed by atoms with Crippen molar-refractivity contribution in [1.29, 1.82) is 0 Å². The molecule has 3 nitrogen and oxygen atoms in total. The molecule has 1 saturated carbocycles. The number of carboxylic acids is 1. The Morgan fingerprint density at radius 2 is 2.00 bits per heavy atom. The normalized spacial score (nSPS) is 29.9. The van der Waals surface area contributed by atoms with Crippen LogP contribution in [0, 0.1) is 17.8 Å². The van der Waals surface area contributed by atoms with Crippen LogP contribution in [0.1, 0.15) is 39.0 Å². The van der Waals surface area contributed by atoms with Crippen LogP contribution < -0.4 is 5.73 Å². The number of rotatable bonds is 4. The summed E-state index contributed by atoms with van der Waals surface area (Å²) in [4.78, 5) is 10.9. The summed E-state index contributed by atoms with van der Waals surface area (Å²) in [6, 6.07) is 0. The van der Waals surface area contributed by atoms with Gasteiger partial charge in [-0.15, -0.1) is 0 Å². The molecule has 0 heterocycles. The van der Waals surface area contributed by atoms with Gasteiger partial charge in [0.25, 0.3) is 0 Å². The Kier molecular flexibility index (Phi) is 4.39. The molecule has 14 heavy (non-hydrogen) atoms. The molecule has 1 unspecified atom stereocenters. The Morgan fingerprint density at radius 3 is 2.36 bits per heavy atom. The van der Waals surface area contributed by atoms with Crippen molar-refractivity contribution in [1.82, 2.24) is 0 Å². The van der Waals surface area contributed by atoms with Gasteiger partial charge in [0.2, 0.25) is 0 Å². The van der Waals surface area contributed by atoms with E-state index in [0.29, 0.717) is 5.92 Å². The van der Waals surface area contributed by atoms with Gasteiger partial charge in [-0.2, -0.15) is 0 Å². The molecule has 1 atom stereocenters. The van der Waals surface area contributed by atoms with E-state index >= 15 is 0 Å². The van der Waals surface area contributed by atoms with Gasteiger partial charge in [-0.25, -0.2) is 0 Å². The highest BCUT2D eigenvalue weighted by atomic mass is 16.4. The second-order valence-corrected chi connectivity index (χ2v) is 4.37. The van der Waals surface area contributed by atoms with Crippen LogP contribution in [0.3, 0.4) is 0 Å². The summed E-state index contributed by atoms with van der Waals surface area (Å²) in [6.45, 7) is 2.50. The predicted molar refractivity (Wildman–Crippen MR) is 55.9 cm³/mol. The first-order valence-corrected chi connectivity index (χ1v) is 5.61. The molecule has 1 aliphatic rings. The Bertz CT molecular complexity index is 186. The number of carboxylic acid groups (broad SMARTS) is 1. The lowest BCUT2D eigenvalue weighted by Crippen LogP contribution is -2.33. The quantitative estimate of drug-likeness (QED) is 0.726. The molecular weight excluding hydrogens is 178 g/mol. The molecule has 3 heteroatoms. The fraction of sp³-hybridized carbons (Fsp3) is 0.909. The third-order valence-electron chi connectivity index (χ3n) is 3.61. The summed E-state index contributed by atoms with van der Waals surface area (Å²) in [6.07, 6.45) is 5.70. The molecule has 1 rings (SSSR count). The van der Waals surface area contributed by atoms with Gasteiger partial charge in [-0.1, -0.05) is 26.2 Å². The molecule has 1 fully saturated rings. The van der Waals surface area contributed by atoms with Crippen molar-refractivity contribution in [3.63, 3.8) is 0 Å². The summed E-state index contributed by atoms with van der Waals surface area (Å²) in [7, 11) is 0. The van der Waals surface area contributed by atoms with Crippen LogP contribution in [0.25, 0.3) is 0 Å². The lowest BCUT2D eigenvalue weighted by atomic mass is 9.75. The highest BCUT2D eigenvalue weighted by Gasteiger charge is 2.30. The van der Waals surface area contributed by atoms with E-state index in [2.05, 4.69) is 6.92 Å². The van der Waals surface area contributed by atoms with Gasteiger partial charge in [-0.05, 0) is 24.7 Å².